The summed E-state index contributed by atoms with van der Waals surface area (Å²) in [6.07, 6.45) is 0.283. The van der Waals surface area contributed by atoms with Crippen LogP contribution in [0.25, 0.3) is 0 Å². The van der Waals surface area contributed by atoms with E-state index in [-0.39, 0.29) is 24.2 Å². The fraction of sp³-hybridized carbons (Fsp3) is 0.615. The number of carbonyl (C=O) groups excluding carboxylic acids is 2. The van der Waals surface area contributed by atoms with Crippen molar-refractivity contribution in [3.8, 4) is 0 Å². The Kier molecular flexibility index (Phi) is 5.08. The number of aromatic nitrogens is 1. The van der Waals surface area contributed by atoms with Crippen molar-refractivity contribution in [2.24, 2.45) is 5.92 Å². The first-order valence-corrected chi connectivity index (χ1v) is 7.43. The number of likely N-dealkylation sites (tertiary alicyclic amines) is 1. The summed E-state index contributed by atoms with van der Waals surface area (Å²) in [5.74, 6) is -0.324. The summed E-state index contributed by atoms with van der Waals surface area (Å²) in [4.78, 5) is 29.8. The Morgan fingerprint density at radius 1 is 1.65 bits per heavy atom. The summed E-state index contributed by atoms with van der Waals surface area (Å²) in [6.45, 7) is 3.87. The van der Waals surface area contributed by atoms with Gasteiger partial charge in [-0.25, -0.2) is 4.98 Å². The fourth-order valence-electron chi connectivity index (χ4n) is 2.18. The zero-order valence-electron chi connectivity index (χ0n) is 11.7. The van der Waals surface area contributed by atoms with Gasteiger partial charge in [0, 0.05) is 32.0 Å². The predicted molar refractivity (Wildman–Crippen MR) is 75.3 cm³/mol. The minimum Gasteiger partial charge on any atom is -0.383 e. The van der Waals surface area contributed by atoms with Crippen molar-refractivity contribution in [3.63, 3.8) is 0 Å². The van der Waals surface area contributed by atoms with Gasteiger partial charge >= 0.3 is 0 Å². The highest BCUT2D eigenvalue weighted by molar-refractivity contribution is 7.09. The lowest BCUT2D eigenvalue weighted by Gasteiger charge is -2.15. The number of aryl methyl sites for hydroxylation is 1. The van der Waals surface area contributed by atoms with Gasteiger partial charge in [-0.3, -0.25) is 9.59 Å². The summed E-state index contributed by atoms with van der Waals surface area (Å²) in [6, 6.07) is 0. The van der Waals surface area contributed by atoms with E-state index in [9.17, 15) is 9.59 Å². The van der Waals surface area contributed by atoms with E-state index in [4.69, 9.17) is 4.74 Å². The molecule has 0 spiro atoms. The fourth-order valence-corrected chi connectivity index (χ4v) is 2.79. The van der Waals surface area contributed by atoms with E-state index < -0.39 is 0 Å². The zero-order chi connectivity index (χ0) is 14.5. The maximum atomic E-state index is 12.0. The molecule has 1 aromatic heterocycles. The normalized spacial score (nSPS) is 18.6. The molecule has 1 saturated heterocycles. The number of ether oxygens (including phenoxy) is 1. The molecule has 0 radical (unpaired) electrons. The number of amides is 2. The smallest absolute Gasteiger partial charge is 0.225 e. The first-order chi connectivity index (χ1) is 9.60. The van der Waals surface area contributed by atoms with Crippen LogP contribution < -0.4 is 5.32 Å². The highest BCUT2D eigenvalue weighted by Crippen LogP contribution is 2.18. The van der Waals surface area contributed by atoms with Crippen LogP contribution in [-0.2, 0) is 20.9 Å². The van der Waals surface area contributed by atoms with Crippen LogP contribution in [0.3, 0.4) is 0 Å². The zero-order valence-corrected chi connectivity index (χ0v) is 12.5. The number of methoxy groups -OCH3 is 1. The quantitative estimate of drug-likeness (QED) is 0.833. The van der Waals surface area contributed by atoms with Crippen molar-refractivity contribution >= 4 is 23.2 Å². The largest absolute Gasteiger partial charge is 0.383 e. The van der Waals surface area contributed by atoms with Gasteiger partial charge in [0.1, 0.15) is 0 Å². The topological polar surface area (TPSA) is 71.5 Å². The van der Waals surface area contributed by atoms with Crippen molar-refractivity contribution in [3.05, 3.63) is 16.1 Å². The van der Waals surface area contributed by atoms with E-state index in [0.29, 0.717) is 26.2 Å². The third kappa shape index (κ3) is 3.77. The van der Waals surface area contributed by atoms with Gasteiger partial charge in [0.25, 0.3) is 0 Å². The Bertz CT molecular complexity index is 489. The molecule has 1 fully saturated rings. The lowest BCUT2D eigenvalue weighted by Crippen LogP contribution is -2.33. The summed E-state index contributed by atoms with van der Waals surface area (Å²) in [7, 11) is 1.60. The minimum atomic E-state index is -0.265. The van der Waals surface area contributed by atoms with Crippen molar-refractivity contribution in [1.29, 1.82) is 0 Å². The van der Waals surface area contributed by atoms with Gasteiger partial charge < -0.3 is 15.0 Å². The second-order valence-electron chi connectivity index (χ2n) is 4.81. The lowest BCUT2D eigenvalue weighted by molar-refractivity contribution is -0.129. The molecular formula is C13H19N3O3S. The molecule has 1 aromatic rings. The van der Waals surface area contributed by atoms with Crippen LogP contribution in [0.4, 0.5) is 0 Å². The molecule has 0 saturated carbocycles. The van der Waals surface area contributed by atoms with Crippen molar-refractivity contribution < 1.29 is 14.3 Å². The summed E-state index contributed by atoms with van der Waals surface area (Å²) in [5, 5.41) is 5.76. The molecule has 0 aliphatic carbocycles. The van der Waals surface area contributed by atoms with E-state index >= 15 is 0 Å². The van der Waals surface area contributed by atoms with Gasteiger partial charge in [0.15, 0.2) is 0 Å². The van der Waals surface area contributed by atoms with E-state index in [1.54, 1.807) is 23.3 Å². The van der Waals surface area contributed by atoms with Crippen molar-refractivity contribution in [2.75, 3.05) is 26.8 Å². The first kappa shape index (κ1) is 14.9. The van der Waals surface area contributed by atoms with E-state index in [1.807, 2.05) is 12.3 Å². The summed E-state index contributed by atoms with van der Waals surface area (Å²) < 4.78 is 4.95. The van der Waals surface area contributed by atoms with Crippen LogP contribution in [0.15, 0.2) is 5.38 Å². The van der Waals surface area contributed by atoms with Gasteiger partial charge in [-0.2, -0.15) is 0 Å². The number of rotatable bonds is 6. The van der Waals surface area contributed by atoms with E-state index in [1.165, 1.54) is 0 Å². The van der Waals surface area contributed by atoms with Crippen LogP contribution in [0, 0.1) is 12.8 Å². The molecule has 110 valence electrons. The molecule has 0 aromatic carbocycles. The lowest BCUT2D eigenvalue weighted by atomic mass is 10.1. The Morgan fingerprint density at radius 3 is 3.10 bits per heavy atom. The Labute approximate surface area is 122 Å². The second-order valence-corrected chi connectivity index (χ2v) is 5.87. The van der Waals surface area contributed by atoms with Crippen LogP contribution in [0.5, 0.6) is 0 Å². The maximum Gasteiger partial charge on any atom is 0.225 e. The van der Waals surface area contributed by atoms with Gasteiger partial charge in [-0.15, -0.1) is 11.3 Å². The molecule has 2 heterocycles. The molecule has 1 atom stereocenters. The van der Waals surface area contributed by atoms with Crippen LogP contribution >= 0.6 is 11.3 Å². The van der Waals surface area contributed by atoms with Gasteiger partial charge in [-0.1, -0.05) is 0 Å². The monoisotopic (exact) mass is 297 g/mol. The number of hydrogen-bond acceptors (Lipinski definition) is 5. The predicted octanol–water partition coefficient (Wildman–Crippen LogP) is 0.563. The third-order valence-corrected chi connectivity index (χ3v) is 4.08. The third-order valence-electron chi connectivity index (χ3n) is 3.26. The van der Waals surface area contributed by atoms with Gasteiger partial charge in [0.05, 0.1) is 29.8 Å². The number of nitrogens with zero attached hydrogens (tertiary/aromatic N) is 2. The minimum absolute atomic E-state index is 0.0201. The number of carbonyl (C=O) groups is 2. The molecular weight excluding hydrogens is 278 g/mol. The Balaban J connectivity index is 1.80. The summed E-state index contributed by atoms with van der Waals surface area (Å²) >= 11 is 1.56. The average molecular weight is 297 g/mol. The number of hydrogen-bond donors (Lipinski definition) is 1. The molecule has 1 unspecified atom stereocenters. The van der Waals surface area contributed by atoms with Crippen LogP contribution in [-0.4, -0.2) is 48.5 Å². The van der Waals surface area contributed by atoms with Gasteiger partial charge in [0.2, 0.25) is 11.8 Å². The SMILES string of the molecule is COCCN1CC(C(=O)NCc2csc(C)n2)CC1=O. The molecule has 0 bridgehead atoms. The molecule has 1 N–H and O–H groups in total. The molecule has 7 heteroatoms. The average Bonchev–Trinajstić information content (AvgIpc) is 3.00. The van der Waals surface area contributed by atoms with E-state index in [0.717, 1.165) is 10.7 Å². The molecule has 6 nitrogen and oxygen atoms in total. The first-order valence-electron chi connectivity index (χ1n) is 6.55. The van der Waals surface area contributed by atoms with Crippen LogP contribution in [0.1, 0.15) is 17.1 Å². The molecule has 20 heavy (non-hydrogen) atoms. The highest BCUT2D eigenvalue weighted by Gasteiger charge is 2.33. The molecule has 1 aliphatic heterocycles. The number of thiazole rings is 1. The molecule has 2 rings (SSSR count). The standard InChI is InChI=1S/C13H19N3O3S/c1-9-15-11(8-20-9)6-14-13(18)10-5-12(17)16(7-10)3-4-19-2/h8,10H,3-7H2,1-2H3,(H,14,18). The highest BCUT2D eigenvalue weighted by atomic mass is 32.1. The van der Waals surface area contributed by atoms with Crippen molar-refractivity contribution in [1.82, 2.24) is 15.2 Å². The maximum absolute atomic E-state index is 12.0. The molecule has 1 aliphatic rings. The second kappa shape index (κ2) is 6.81. The van der Waals surface area contributed by atoms with E-state index in [2.05, 4.69) is 10.3 Å². The van der Waals surface area contributed by atoms with Gasteiger partial charge in [-0.05, 0) is 6.92 Å². The number of nitrogens with one attached hydrogen (secondary N) is 1. The Morgan fingerprint density at radius 2 is 2.45 bits per heavy atom. The van der Waals surface area contributed by atoms with Crippen LogP contribution in [0.2, 0.25) is 0 Å². The molecule has 2 amide bonds. The van der Waals surface area contributed by atoms with Crippen molar-refractivity contribution in [2.45, 2.75) is 19.9 Å². The summed E-state index contributed by atoms with van der Waals surface area (Å²) in [5.41, 5.74) is 0.862. The Hall–Kier alpha value is -1.47.